The summed E-state index contributed by atoms with van der Waals surface area (Å²) in [7, 11) is 5.16. The SMILES string of the molecule is [B]C1C(=O)N(CC)CC1C(F)(F)F. The van der Waals surface area contributed by atoms with Crippen LogP contribution in [0.1, 0.15) is 6.92 Å². The van der Waals surface area contributed by atoms with Gasteiger partial charge in [-0.25, -0.2) is 0 Å². The molecule has 1 fully saturated rings. The normalized spacial score (nSPS) is 29.8. The third kappa shape index (κ3) is 1.81. The number of rotatable bonds is 1. The highest BCUT2D eigenvalue weighted by Gasteiger charge is 2.50. The second-order valence-corrected chi connectivity index (χ2v) is 3.05. The molecule has 1 rings (SSSR count). The first-order valence-corrected chi connectivity index (χ1v) is 3.99. The summed E-state index contributed by atoms with van der Waals surface area (Å²) in [5.41, 5.74) is 0. The van der Waals surface area contributed by atoms with Crippen molar-refractivity contribution >= 4 is 13.8 Å². The van der Waals surface area contributed by atoms with Gasteiger partial charge in [-0.2, -0.15) is 13.2 Å². The number of nitrogens with zero attached hydrogens (tertiary/aromatic N) is 1. The fourth-order valence-electron chi connectivity index (χ4n) is 1.42. The zero-order valence-electron chi connectivity index (χ0n) is 7.14. The predicted octanol–water partition coefficient (Wildman–Crippen LogP) is 0.984. The van der Waals surface area contributed by atoms with E-state index < -0.39 is 23.8 Å². The van der Waals surface area contributed by atoms with E-state index in [1.54, 1.807) is 6.92 Å². The number of halogens is 3. The molecule has 2 atom stereocenters. The molecule has 2 nitrogen and oxygen atoms in total. The van der Waals surface area contributed by atoms with Crippen LogP contribution in [0.2, 0.25) is 5.82 Å². The molecular weight excluding hydrogens is 182 g/mol. The van der Waals surface area contributed by atoms with Gasteiger partial charge in [0.1, 0.15) is 0 Å². The fraction of sp³-hybridized carbons (Fsp3) is 0.857. The summed E-state index contributed by atoms with van der Waals surface area (Å²) < 4.78 is 36.7. The first kappa shape index (κ1) is 10.4. The molecule has 72 valence electrons. The zero-order chi connectivity index (χ0) is 10.2. The van der Waals surface area contributed by atoms with Crippen LogP contribution in [0.3, 0.4) is 0 Å². The Labute approximate surface area is 75.5 Å². The number of amides is 1. The Morgan fingerprint density at radius 1 is 1.62 bits per heavy atom. The highest BCUT2D eigenvalue weighted by molar-refractivity contribution is 6.24. The summed E-state index contributed by atoms with van der Waals surface area (Å²) in [5, 5.41) is 0. The van der Waals surface area contributed by atoms with E-state index in [0.29, 0.717) is 0 Å². The highest BCUT2D eigenvalue weighted by atomic mass is 19.4. The fourth-order valence-corrected chi connectivity index (χ4v) is 1.42. The molecule has 0 aromatic heterocycles. The summed E-state index contributed by atoms with van der Waals surface area (Å²) >= 11 is 0. The molecule has 0 spiro atoms. The van der Waals surface area contributed by atoms with Crippen LogP contribution in [0.25, 0.3) is 0 Å². The first-order chi connectivity index (χ1) is 5.88. The Morgan fingerprint density at radius 2 is 2.15 bits per heavy atom. The van der Waals surface area contributed by atoms with Crippen LogP contribution in [0.4, 0.5) is 13.2 Å². The molecular formula is C7H9BF3NO. The Morgan fingerprint density at radius 3 is 2.38 bits per heavy atom. The molecule has 0 aliphatic carbocycles. The predicted molar refractivity (Wildman–Crippen MR) is 41.3 cm³/mol. The van der Waals surface area contributed by atoms with Crippen molar-refractivity contribution in [1.82, 2.24) is 4.90 Å². The maximum Gasteiger partial charge on any atom is 0.393 e. The lowest BCUT2D eigenvalue weighted by atomic mass is 9.78. The number of hydrogen-bond acceptors (Lipinski definition) is 1. The molecule has 1 aliphatic heterocycles. The second kappa shape index (κ2) is 3.23. The van der Waals surface area contributed by atoms with E-state index in [9.17, 15) is 18.0 Å². The van der Waals surface area contributed by atoms with E-state index >= 15 is 0 Å². The van der Waals surface area contributed by atoms with E-state index in [1.165, 1.54) is 0 Å². The average Bonchev–Trinajstić information content (AvgIpc) is 2.28. The van der Waals surface area contributed by atoms with Gasteiger partial charge in [0.05, 0.1) is 13.8 Å². The topological polar surface area (TPSA) is 20.3 Å². The van der Waals surface area contributed by atoms with Crippen LogP contribution in [0.5, 0.6) is 0 Å². The molecule has 0 bridgehead atoms. The lowest BCUT2D eigenvalue weighted by molar-refractivity contribution is -0.170. The molecule has 0 saturated carbocycles. The van der Waals surface area contributed by atoms with E-state index in [2.05, 4.69) is 0 Å². The molecule has 1 aliphatic rings. The van der Waals surface area contributed by atoms with Gasteiger partial charge in [0, 0.05) is 18.9 Å². The smallest absolute Gasteiger partial charge is 0.343 e. The Hall–Kier alpha value is -0.675. The Balaban J connectivity index is 2.77. The molecule has 0 N–H and O–H groups in total. The van der Waals surface area contributed by atoms with Crippen molar-refractivity contribution in [1.29, 1.82) is 0 Å². The molecule has 2 unspecified atom stereocenters. The molecule has 1 heterocycles. The summed E-state index contributed by atoms with van der Waals surface area (Å²) in [4.78, 5) is 12.2. The lowest BCUT2D eigenvalue weighted by Gasteiger charge is -2.16. The summed E-state index contributed by atoms with van der Waals surface area (Å²) in [6.07, 6.45) is -4.38. The average molecular weight is 191 g/mol. The van der Waals surface area contributed by atoms with Crippen molar-refractivity contribution < 1.29 is 18.0 Å². The van der Waals surface area contributed by atoms with Crippen molar-refractivity contribution in [3.8, 4) is 0 Å². The second-order valence-electron chi connectivity index (χ2n) is 3.05. The quantitative estimate of drug-likeness (QED) is 0.565. The van der Waals surface area contributed by atoms with E-state index in [0.717, 1.165) is 4.90 Å². The number of likely N-dealkylation sites (tertiary alicyclic amines) is 1. The van der Waals surface area contributed by atoms with E-state index in [1.807, 2.05) is 0 Å². The van der Waals surface area contributed by atoms with Gasteiger partial charge in [-0.1, -0.05) is 0 Å². The van der Waals surface area contributed by atoms with Crippen LogP contribution in [-0.4, -0.2) is 37.9 Å². The monoisotopic (exact) mass is 191 g/mol. The Bertz CT molecular complexity index is 218. The third-order valence-electron chi connectivity index (χ3n) is 2.25. The minimum atomic E-state index is -4.38. The van der Waals surface area contributed by atoms with Crippen molar-refractivity contribution in [2.24, 2.45) is 5.92 Å². The van der Waals surface area contributed by atoms with Gasteiger partial charge in [0.2, 0.25) is 5.91 Å². The van der Waals surface area contributed by atoms with Crippen LogP contribution in [0, 0.1) is 5.92 Å². The molecule has 0 aromatic carbocycles. The minimum Gasteiger partial charge on any atom is -0.343 e. The largest absolute Gasteiger partial charge is 0.393 e. The summed E-state index contributed by atoms with van der Waals surface area (Å²) in [6, 6.07) is 0. The first-order valence-electron chi connectivity index (χ1n) is 3.99. The van der Waals surface area contributed by atoms with Gasteiger partial charge in [0.25, 0.3) is 0 Å². The van der Waals surface area contributed by atoms with Gasteiger partial charge >= 0.3 is 6.18 Å². The zero-order valence-corrected chi connectivity index (χ0v) is 7.14. The molecule has 13 heavy (non-hydrogen) atoms. The molecule has 6 heteroatoms. The summed E-state index contributed by atoms with van der Waals surface area (Å²) in [6.45, 7) is 1.60. The van der Waals surface area contributed by atoms with Crippen LogP contribution in [-0.2, 0) is 4.79 Å². The highest BCUT2D eigenvalue weighted by Crippen LogP contribution is 2.39. The molecule has 0 aromatic rings. The van der Waals surface area contributed by atoms with Crippen LogP contribution in [0.15, 0.2) is 0 Å². The maximum absolute atomic E-state index is 12.2. The standard InChI is InChI=1S/C7H9BF3NO/c1-2-12-3-4(7(9,10)11)5(8)6(12)13/h4-5H,2-3H2,1H3. The third-order valence-corrected chi connectivity index (χ3v) is 2.25. The number of alkyl halides is 3. The van der Waals surface area contributed by atoms with Gasteiger partial charge in [-0.3, -0.25) is 4.79 Å². The van der Waals surface area contributed by atoms with E-state index in [-0.39, 0.29) is 13.1 Å². The molecule has 2 radical (unpaired) electrons. The van der Waals surface area contributed by atoms with Crippen LogP contribution < -0.4 is 0 Å². The van der Waals surface area contributed by atoms with Crippen molar-refractivity contribution in [3.63, 3.8) is 0 Å². The maximum atomic E-state index is 12.2. The minimum absolute atomic E-state index is 0.277. The van der Waals surface area contributed by atoms with E-state index in [4.69, 9.17) is 7.85 Å². The Kier molecular flexibility index (Phi) is 2.59. The van der Waals surface area contributed by atoms with Gasteiger partial charge in [-0.15, -0.1) is 0 Å². The molecule has 1 saturated heterocycles. The van der Waals surface area contributed by atoms with Gasteiger partial charge in [-0.05, 0) is 6.92 Å². The number of carbonyl (C=O) groups is 1. The number of carbonyl (C=O) groups excluding carboxylic acids is 1. The van der Waals surface area contributed by atoms with Gasteiger partial charge < -0.3 is 4.90 Å². The summed E-state index contributed by atoms with van der Waals surface area (Å²) in [5.74, 6) is -3.73. The molecule has 1 amide bonds. The van der Waals surface area contributed by atoms with Crippen LogP contribution >= 0.6 is 0 Å². The number of hydrogen-bond donors (Lipinski definition) is 0. The van der Waals surface area contributed by atoms with Crippen molar-refractivity contribution in [3.05, 3.63) is 0 Å². The van der Waals surface area contributed by atoms with Gasteiger partial charge in [0.15, 0.2) is 0 Å². The van der Waals surface area contributed by atoms with Crippen molar-refractivity contribution in [2.75, 3.05) is 13.1 Å². The lowest BCUT2D eigenvalue weighted by Crippen LogP contribution is -2.28. The van der Waals surface area contributed by atoms with Crippen molar-refractivity contribution in [2.45, 2.75) is 18.9 Å².